The molecule has 5 nitrogen and oxygen atoms in total. The van der Waals surface area contributed by atoms with E-state index >= 15 is 0 Å². The van der Waals surface area contributed by atoms with E-state index in [1.807, 2.05) is 19.1 Å². The van der Waals surface area contributed by atoms with Gasteiger partial charge in [-0.05, 0) is 42.5 Å². The van der Waals surface area contributed by atoms with Crippen molar-refractivity contribution in [2.24, 2.45) is 4.99 Å². The van der Waals surface area contributed by atoms with Gasteiger partial charge in [0, 0.05) is 30.7 Å². The largest absolute Gasteiger partial charge is 0.478 e. The molecule has 7 heteroatoms. The first-order valence-electron chi connectivity index (χ1n) is 7.28. The van der Waals surface area contributed by atoms with E-state index in [-0.39, 0.29) is 24.0 Å². The van der Waals surface area contributed by atoms with E-state index in [1.165, 1.54) is 10.4 Å². The average Bonchev–Trinajstić information content (AvgIpc) is 2.93. The van der Waals surface area contributed by atoms with Crippen LogP contribution in [0.15, 0.2) is 34.8 Å². The molecule has 0 amide bonds. The number of aliphatic imine (C=N–C) groups is 1. The first kappa shape index (κ1) is 19.7. The lowest BCUT2D eigenvalue weighted by Crippen LogP contribution is -2.36. The van der Waals surface area contributed by atoms with E-state index in [1.54, 1.807) is 24.6 Å². The molecule has 0 fully saturated rings. The smallest absolute Gasteiger partial charge is 0.213 e. The highest BCUT2D eigenvalue weighted by Crippen LogP contribution is 2.14. The van der Waals surface area contributed by atoms with Gasteiger partial charge in [-0.25, -0.2) is 4.98 Å². The van der Waals surface area contributed by atoms with Crippen LogP contribution in [0.2, 0.25) is 0 Å². The summed E-state index contributed by atoms with van der Waals surface area (Å²) in [6.45, 7) is 6.14. The van der Waals surface area contributed by atoms with Gasteiger partial charge in [0.2, 0.25) is 5.88 Å². The highest BCUT2D eigenvalue weighted by atomic mass is 127. The minimum atomic E-state index is 0. The lowest BCUT2D eigenvalue weighted by atomic mass is 10.2. The van der Waals surface area contributed by atoms with Crippen LogP contribution in [0.5, 0.6) is 5.88 Å². The zero-order valence-corrected chi connectivity index (χ0v) is 16.8. The number of rotatable bonds is 6. The number of pyridine rings is 1. The number of hydrogen-bond donors (Lipinski definition) is 2. The number of nitrogens with one attached hydrogen (secondary N) is 2. The Morgan fingerprint density at radius 2 is 2.09 bits per heavy atom. The van der Waals surface area contributed by atoms with E-state index in [4.69, 9.17) is 4.74 Å². The van der Waals surface area contributed by atoms with Gasteiger partial charge in [0.25, 0.3) is 0 Å². The molecule has 2 N–H and O–H groups in total. The molecule has 0 aromatic carbocycles. The fraction of sp³-hybridized carbons (Fsp3) is 0.375. The maximum atomic E-state index is 5.41. The highest BCUT2D eigenvalue weighted by molar-refractivity contribution is 14.0. The van der Waals surface area contributed by atoms with Crippen molar-refractivity contribution in [3.63, 3.8) is 0 Å². The quantitative estimate of drug-likeness (QED) is 0.406. The van der Waals surface area contributed by atoms with Gasteiger partial charge < -0.3 is 15.4 Å². The molecule has 2 rings (SSSR count). The Morgan fingerprint density at radius 3 is 2.74 bits per heavy atom. The van der Waals surface area contributed by atoms with Gasteiger partial charge in [0.05, 0.1) is 13.2 Å². The highest BCUT2D eigenvalue weighted by Gasteiger charge is 2.03. The number of aromatic nitrogens is 1. The number of ether oxygens (including phenoxy) is 1. The van der Waals surface area contributed by atoms with Crippen molar-refractivity contribution in [3.05, 3.63) is 45.8 Å². The van der Waals surface area contributed by atoms with Gasteiger partial charge >= 0.3 is 0 Å². The van der Waals surface area contributed by atoms with E-state index in [9.17, 15) is 0 Å². The number of guanidine groups is 1. The topological polar surface area (TPSA) is 58.5 Å². The zero-order valence-electron chi connectivity index (χ0n) is 13.6. The van der Waals surface area contributed by atoms with Gasteiger partial charge in [-0.1, -0.05) is 0 Å². The summed E-state index contributed by atoms with van der Waals surface area (Å²) in [4.78, 5) is 9.73. The van der Waals surface area contributed by atoms with Gasteiger partial charge in [0.1, 0.15) is 0 Å². The summed E-state index contributed by atoms with van der Waals surface area (Å²) in [6.07, 6.45) is 1.76. The number of hydrogen-bond acceptors (Lipinski definition) is 4. The molecule has 2 aromatic heterocycles. The van der Waals surface area contributed by atoms with Crippen LogP contribution in [0.3, 0.4) is 0 Å². The second-order valence-corrected chi connectivity index (χ2v) is 5.74. The zero-order chi connectivity index (χ0) is 15.8. The normalized spacial score (nSPS) is 10.8. The molecule has 0 spiro atoms. The van der Waals surface area contributed by atoms with Crippen molar-refractivity contribution in [1.29, 1.82) is 0 Å². The Labute approximate surface area is 158 Å². The number of thiophene rings is 1. The lowest BCUT2D eigenvalue weighted by molar-refractivity contribution is 0.326. The van der Waals surface area contributed by atoms with Crippen LogP contribution in [0.4, 0.5) is 0 Å². The Hall–Kier alpha value is -1.35. The molecule has 2 heterocycles. The molecule has 23 heavy (non-hydrogen) atoms. The average molecular weight is 446 g/mol. The van der Waals surface area contributed by atoms with E-state index in [0.717, 1.165) is 18.1 Å². The minimum absolute atomic E-state index is 0. The van der Waals surface area contributed by atoms with Crippen molar-refractivity contribution in [3.8, 4) is 5.88 Å². The van der Waals surface area contributed by atoms with Crippen LogP contribution in [0, 0.1) is 6.92 Å². The molecule has 0 aliphatic heterocycles. The predicted octanol–water partition coefficient (Wildman–Crippen LogP) is 3.33. The number of nitrogens with zero attached hydrogens (tertiary/aromatic N) is 2. The van der Waals surface area contributed by atoms with Crippen LogP contribution in [0.25, 0.3) is 0 Å². The van der Waals surface area contributed by atoms with Gasteiger partial charge in [-0.2, -0.15) is 0 Å². The molecular weight excluding hydrogens is 423 g/mol. The first-order chi connectivity index (χ1) is 10.7. The summed E-state index contributed by atoms with van der Waals surface area (Å²) in [7, 11) is 1.77. The Kier molecular flexibility index (Phi) is 8.93. The fourth-order valence-electron chi connectivity index (χ4n) is 1.94. The first-order valence-corrected chi connectivity index (χ1v) is 8.16. The third-order valence-corrected chi connectivity index (χ3v) is 4.18. The van der Waals surface area contributed by atoms with E-state index in [2.05, 4.69) is 39.0 Å². The van der Waals surface area contributed by atoms with Gasteiger partial charge in [-0.3, -0.25) is 4.99 Å². The lowest BCUT2D eigenvalue weighted by Gasteiger charge is -2.12. The standard InChI is InChI=1S/C16H22N4OS.HI/c1-4-21-15-9-13(5-7-18-15)10-19-16(17-3)20-11-14-12(2)6-8-22-14;/h5-9H,4,10-11H2,1-3H3,(H2,17,19,20);1H. The predicted molar refractivity (Wildman–Crippen MR) is 107 cm³/mol. The fourth-order valence-corrected chi connectivity index (χ4v) is 2.79. The van der Waals surface area contributed by atoms with Crippen molar-refractivity contribution in [2.75, 3.05) is 13.7 Å². The molecule has 0 bridgehead atoms. The monoisotopic (exact) mass is 446 g/mol. The summed E-state index contributed by atoms with van der Waals surface area (Å²) in [5.74, 6) is 1.43. The third kappa shape index (κ3) is 6.34. The maximum absolute atomic E-state index is 5.41. The van der Waals surface area contributed by atoms with E-state index < -0.39 is 0 Å². The maximum Gasteiger partial charge on any atom is 0.213 e. The van der Waals surface area contributed by atoms with Crippen LogP contribution in [-0.2, 0) is 13.1 Å². The van der Waals surface area contributed by atoms with Gasteiger partial charge in [0.15, 0.2) is 5.96 Å². The summed E-state index contributed by atoms with van der Waals surface area (Å²) in [5.41, 5.74) is 2.41. The molecule has 0 saturated heterocycles. The van der Waals surface area contributed by atoms with Crippen LogP contribution >= 0.6 is 35.3 Å². The molecule has 0 saturated carbocycles. The Bertz CT molecular complexity index is 630. The molecule has 2 aromatic rings. The summed E-state index contributed by atoms with van der Waals surface area (Å²) < 4.78 is 5.41. The molecule has 0 unspecified atom stereocenters. The molecule has 0 atom stereocenters. The van der Waals surface area contributed by atoms with Gasteiger partial charge in [-0.15, -0.1) is 35.3 Å². The summed E-state index contributed by atoms with van der Waals surface area (Å²) in [5, 5.41) is 8.73. The third-order valence-electron chi connectivity index (χ3n) is 3.16. The van der Waals surface area contributed by atoms with Crippen LogP contribution in [0.1, 0.15) is 22.9 Å². The Morgan fingerprint density at radius 1 is 1.30 bits per heavy atom. The van der Waals surface area contributed by atoms with Crippen molar-refractivity contribution in [2.45, 2.75) is 26.9 Å². The SMILES string of the molecule is CCOc1cc(CNC(=NC)NCc2sccc2C)ccn1.I. The molecule has 0 aliphatic carbocycles. The molecule has 126 valence electrons. The molecule has 0 radical (unpaired) electrons. The molecular formula is C16H23IN4OS. The number of halogens is 1. The van der Waals surface area contributed by atoms with E-state index in [0.29, 0.717) is 19.0 Å². The molecule has 0 aliphatic rings. The summed E-state index contributed by atoms with van der Waals surface area (Å²) >= 11 is 1.75. The number of aryl methyl sites for hydroxylation is 1. The van der Waals surface area contributed by atoms with Crippen LogP contribution < -0.4 is 15.4 Å². The Balaban J connectivity index is 0.00000264. The van der Waals surface area contributed by atoms with Crippen LogP contribution in [-0.4, -0.2) is 24.6 Å². The van der Waals surface area contributed by atoms with Crippen molar-refractivity contribution in [1.82, 2.24) is 15.6 Å². The minimum Gasteiger partial charge on any atom is -0.478 e. The summed E-state index contributed by atoms with van der Waals surface area (Å²) in [6, 6.07) is 6.03. The second kappa shape index (κ2) is 10.4. The second-order valence-electron chi connectivity index (χ2n) is 4.74. The van der Waals surface area contributed by atoms with Crippen molar-refractivity contribution >= 4 is 41.3 Å². The van der Waals surface area contributed by atoms with Crippen molar-refractivity contribution < 1.29 is 4.74 Å².